The van der Waals surface area contributed by atoms with Crippen LogP contribution in [0.3, 0.4) is 0 Å². The second-order valence-electron chi connectivity index (χ2n) is 9.33. The van der Waals surface area contributed by atoms with Crippen LogP contribution < -0.4 is 10.6 Å². The van der Waals surface area contributed by atoms with Crippen molar-refractivity contribution in [2.45, 2.75) is 78.5 Å². The van der Waals surface area contributed by atoms with Crippen LogP contribution in [0.1, 0.15) is 69.7 Å². The largest absolute Gasteiger partial charge is 0.392 e. The van der Waals surface area contributed by atoms with E-state index in [1.165, 1.54) is 36.9 Å². The van der Waals surface area contributed by atoms with Gasteiger partial charge in [0.15, 0.2) is 6.29 Å². The summed E-state index contributed by atoms with van der Waals surface area (Å²) in [6.45, 7) is 17.4. The molecule has 2 heterocycles. The lowest BCUT2D eigenvalue weighted by molar-refractivity contribution is -0.183. The first-order chi connectivity index (χ1) is 19.7. The van der Waals surface area contributed by atoms with Crippen molar-refractivity contribution in [1.29, 1.82) is 0 Å². The number of aliphatic hydroxyl groups excluding tert-OH is 1. The monoisotopic (exact) mass is 548 g/mol. The van der Waals surface area contributed by atoms with E-state index in [0.29, 0.717) is 19.3 Å². The summed E-state index contributed by atoms with van der Waals surface area (Å²) in [6, 6.07) is 18.6. The number of rotatable bonds is 7. The lowest BCUT2D eigenvalue weighted by Gasteiger charge is -2.33. The molecule has 0 saturated carbocycles. The van der Waals surface area contributed by atoms with E-state index in [0.717, 1.165) is 17.7 Å². The standard InChI is InChI=1S/C18H21NO3.C11H19N.C4H8.C2H4/c20-12-14-6-8-15(9-7-14)13-22-18-17(19-10-11-21-18)16-4-2-1-3-5-16;1-3-7-10(4-2)11-8-5-6-9-12-11;1-3-4-2;1-2/h1-9,17-20H,10-13H2;3-4,7,11-12H,5-6,8-9H2,1-2H3;3-4H,1-2H3;1-2H2/b;7-3-,10-4+;4-3-;/t17-,18+;11-;;/m01../s1. The molecule has 2 fully saturated rings. The first-order valence-corrected chi connectivity index (χ1v) is 14.5. The number of nitrogens with one attached hydrogen (secondary N) is 2. The lowest BCUT2D eigenvalue weighted by atomic mass is 9.97. The van der Waals surface area contributed by atoms with Gasteiger partial charge in [-0.15, -0.1) is 13.2 Å². The molecule has 2 aromatic carbocycles. The van der Waals surface area contributed by atoms with Crippen molar-refractivity contribution in [1.82, 2.24) is 10.6 Å². The number of piperidine rings is 1. The first-order valence-electron chi connectivity index (χ1n) is 14.5. The zero-order chi connectivity index (χ0) is 29.4. The van der Waals surface area contributed by atoms with Crippen LogP contribution in [0.5, 0.6) is 0 Å². The maximum atomic E-state index is 9.06. The normalized spacial score (nSPS) is 20.9. The van der Waals surface area contributed by atoms with Crippen LogP contribution in [0.2, 0.25) is 0 Å². The fraction of sp³-hybridized carbons (Fsp3) is 0.429. The van der Waals surface area contributed by atoms with Gasteiger partial charge in [0, 0.05) is 12.6 Å². The van der Waals surface area contributed by atoms with Gasteiger partial charge >= 0.3 is 0 Å². The van der Waals surface area contributed by atoms with Gasteiger partial charge in [-0.3, -0.25) is 0 Å². The molecular weight excluding hydrogens is 496 g/mol. The Morgan fingerprint density at radius 1 is 0.900 bits per heavy atom. The van der Waals surface area contributed by atoms with E-state index >= 15 is 0 Å². The molecule has 4 rings (SSSR count). The molecule has 0 amide bonds. The lowest BCUT2D eigenvalue weighted by Crippen LogP contribution is -2.43. The van der Waals surface area contributed by atoms with E-state index < -0.39 is 0 Å². The van der Waals surface area contributed by atoms with Gasteiger partial charge < -0.3 is 25.2 Å². The Labute approximate surface area is 243 Å². The van der Waals surface area contributed by atoms with Gasteiger partial charge in [-0.1, -0.05) is 91.4 Å². The fourth-order valence-electron chi connectivity index (χ4n) is 4.32. The summed E-state index contributed by atoms with van der Waals surface area (Å²) in [7, 11) is 0. The van der Waals surface area contributed by atoms with Crippen LogP contribution in [0, 0.1) is 0 Å². The van der Waals surface area contributed by atoms with Gasteiger partial charge in [-0.05, 0) is 69.3 Å². The van der Waals surface area contributed by atoms with Gasteiger partial charge in [-0.25, -0.2) is 0 Å². The highest BCUT2D eigenvalue weighted by atomic mass is 16.7. The van der Waals surface area contributed by atoms with Crippen LogP contribution in [0.15, 0.2) is 104 Å². The summed E-state index contributed by atoms with van der Waals surface area (Å²) in [5, 5.41) is 16.1. The summed E-state index contributed by atoms with van der Waals surface area (Å²) in [4.78, 5) is 0. The average molecular weight is 549 g/mol. The van der Waals surface area contributed by atoms with E-state index in [2.05, 4.69) is 68.0 Å². The predicted molar refractivity (Wildman–Crippen MR) is 170 cm³/mol. The van der Waals surface area contributed by atoms with Crippen molar-refractivity contribution < 1.29 is 14.6 Å². The maximum Gasteiger partial charge on any atom is 0.177 e. The topological polar surface area (TPSA) is 62.8 Å². The second kappa shape index (κ2) is 23.0. The zero-order valence-electron chi connectivity index (χ0n) is 25.1. The molecule has 5 heteroatoms. The molecule has 0 spiro atoms. The molecule has 220 valence electrons. The Morgan fingerprint density at radius 2 is 1.57 bits per heavy atom. The molecule has 0 bridgehead atoms. The number of morpholine rings is 1. The molecule has 2 saturated heterocycles. The fourth-order valence-corrected chi connectivity index (χ4v) is 4.32. The van der Waals surface area contributed by atoms with E-state index in [9.17, 15) is 0 Å². The Kier molecular flexibility index (Phi) is 20.2. The van der Waals surface area contributed by atoms with E-state index in [-0.39, 0.29) is 18.9 Å². The molecule has 3 N–H and O–H groups in total. The Hall–Kier alpha value is -2.80. The van der Waals surface area contributed by atoms with Crippen molar-refractivity contribution >= 4 is 0 Å². The third-order valence-electron chi connectivity index (χ3n) is 6.54. The highest BCUT2D eigenvalue weighted by Crippen LogP contribution is 2.23. The number of hydrogen-bond acceptors (Lipinski definition) is 5. The molecule has 2 aliphatic heterocycles. The summed E-state index contributed by atoms with van der Waals surface area (Å²) in [5.41, 5.74) is 4.58. The van der Waals surface area contributed by atoms with Gasteiger partial charge in [-0.2, -0.15) is 0 Å². The summed E-state index contributed by atoms with van der Waals surface area (Å²) in [6.07, 6.45) is 14.2. The van der Waals surface area contributed by atoms with Gasteiger partial charge in [0.25, 0.3) is 0 Å². The number of hydrogen-bond donors (Lipinski definition) is 3. The Bertz CT molecular complexity index is 960. The van der Waals surface area contributed by atoms with Crippen LogP contribution in [0.25, 0.3) is 0 Å². The molecule has 40 heavy (non-hydrogen) atoms. The molecule has 5 nitrogen and oxygen atoms in total. The quantitative estimate of drug-likeness (QED) is 0.248. The number of aliphatic hydroxyl groups is 1. The smallest absolute Gasteiger partial charge is 0.177 e. The maximum absolute atomic E-state index is 9.06. The van der Waals surface area contributed by atoms with Crippen LogP contribution >= 0.6 is 0 Å². The van der Waals surface area contributed by atoms with E-state index in [1.807, 2.05) is 68.5 Å². The average Bonchev–Trinajstić information content (AvgIpc) is 3.05. The zero-order valence-corrected chi connectivity index (χ0v) is 25.1. The summed E-state index contributed by atoms with van der Waals surface area (Å²) < 4.78 is 11.7. The molecule has 2 aromatic rings. The van der Waals surface area contributed by atoms with Crippen molar-refractivity contribution in [3.05, 3.63) is 120 Å². The third kappa shape index (κ3) is 13.5. The minimum absolute atomic E-state index is 0.0478. The minimum atomic E-state index is -0.298. The summed E-state index contributed by atoms with van der Waals surface area (Å²) >= 11 is 0. The van der Waals surface area contributed by atoms with E-state index in [4.69, 9.17) is 14.6 Å². The first kappa shape index (κ1) is 35.2. The highest BCUT2D eigenvalue weighted by molar-refractivity contribution is 5.24. The minimum Gasteiger partial charge on any atom is -0.392 e. The molecule has 0 aromatic heterocycles. The van der Waals surface area contributed by atoms with E-state index in [1.54, 1.807) is 0 Å². The predicted octanol–water partition coefficient (Wildman–Crippen LogP) is 7.42. The molecule has 3 atom stereocenters. The number of ether oxygens (including phenoxy) is 2. The van der Waals surface area contributed by atoms with Gasteiger partial charge in [0.05, 0.1) is 25.9 Å². The number of benzene rings is 2. The molecular formula is C35H52N2O3. The molecule has 0 unspecified atom stereocenters. The third-order valence-corrected chi connectivity index (χ3v) is 6.54. The highest BCUT2D eigenvalue weighted by Gasteiger charge is 2.27. The molecule has 0 radical (unpaired) electrons. The van der Waals surface area contributed by atoms with Crippen molar-refractivity contribution in [3.63, 3.8) is 0 Å². The van der Waals surface area contributed by atoms with Crippen molar-refractivity contribution in [2.75, 3.05) is 19.7 Å². The molecule has 0 aliphatic carbocycles. The van der Waals surface area contributed by atoms with Crippen LogP contribution in [-0.4, -0.2) is 37.1 Å². The van der Waals surface area contributed by atoms with Gasteiger partial charge in [0.1, 0.15) is 0 Å². The van der Waals surface area contributed by atoms with Gasteiger partial charge in [0.2, 0.25) is 0 Å². The molecule has 2 aliphatic rings. The van der Waals surface area contributed by atoms with Crippen molar-refractivity contribution in [3.8, 4) is 0 Å². The van der Waals surface area contributed by atoms with Crippen molar-refractivity contribution in [2.24, 2.45) is 0 Å². The van der Waals surface area contributed by atoms with Crippen LogP contribution in [0.4, 0.5) is 0 Å². The van der Waals surface area contributed by atoms with Crippen LogP contribution in [-0.2, 0) is 22.7 Å². The Balaban J connectivity index is 0.000000374. The Morgan fingerprint density at radius 3 is 2.12 bits per heavy atom. The number of allylic oxidation sites excluding steroid dienone is 4. The SMILES string of the molecule is C/C=C\C.C/C=C\C(=C/C)[C@H]1CCCCN1.C=C.OCc1ccc(CO[C@H]2OCCN[C@H]2c2ccccc2)cc1. The summed E-state index contributed by atoms with van der Waals surface area (Å²) in [5.74, 6) is 0. The second-order valence-corrected chi connectivity index (χ2v) is 9.33.